The zero-order valence-electron chi connectivity index (χ0n) is 11.2. The van der Waals surface area contributed by atoms with Crippen molar-refractivity contribution >= 4 is 23.2 Å². The molecule has 0 spiro atoms. The molecule has 1 aromatic heterocycles. The van der Waals surface area contributed by atoms with Gasteiger partial charge in [0.2, 0.25) is 0 Å². The lowest BCUT2D eigenvalue weighted by molar-refractivity contribution is -0.384. The summed E-state index contributed by atoms with van der Waals surface area (Å²) in [6.45, 7) is 1.83. The maximum absolute atomic E-state index is 12.1. The molecule has 0 saturated carbocycles. The van der Waals surface area contributed by atoms with Gasteiger partial charge in [-0.15, -0.1) is 0 Å². The van der Waals surface area contributed by atoms with Crippen molar-refractivity contribution in [2.75, 3.05) is 0 Å². The summed E-state index contributed by atoms with van der Waals surface area (Å²) < 4.78 is 5.20. The van der Waals surface area contributed by atoms with Crippen molar-refractivity contribution in [3.8, 4) is 0 Å². The van der Waals surface area contributed by atoms with Crippen LogP contribution >= 0.6 is 11.6 Å². The van der Waals surface area contributed by atoms with Gasteiger partial charge in [-0.05, 0) is 25.1 Å². The molecule has 1 atom stereocenters. The molecule has 1 amide bonds. The number of rotatable bonds is 5. The van der Waals surface area contributed by atoms with Gasteiger partial charge in [-0.25, -0.2) is 0 Å². The second-order valence-electron chi connectivity index (χ2n) is 4.58. The Labute approximate surface area is 125 Å². The summed E-state index contributed by atoms with van der Waals surface area (Å²) in [4.78, 5) is 22.2. The first-order valence-corrected chi connectivity index (χ1v) is 6.62. The second-order valence-corrected chi connectivity index (χ2v) is 4.99. The number of nitrogens with one attached hydrogen (secondary N) is 1. The quantitative estimate of drug-likeness (QED) is 0.679. The maximum atomic E-state index is 12.1. The number of hydrogen-bond donors (Lipinski definition) is 1. The van der Waals surface area contributed by atoms with Crippen LogP contribution in [0.5, 0.6) is 0 Å². The molecule has 0 aliphatic rings. The minimum Gasteiger partial charge on any atom is -0.469 e. The van der Waals surface area contributed by atoms with E-state index in [9.17, 15) is 14.9 Å². The average molecular weight is 309 g/mol. The van der Waals surface area contributed by atoms with E-state index in [1.807, 2.05) is 13.0 Å². The van der Waals surface area contributed by atoms with Crippen LogP contribution in [0.1, 0.15) is 23.0 Å². The van der Waals surface area contributed by atoms with Gasteiger partial charge in [0.05, 0.1) is 21.8 Å². The molecule has 0 saturated heterocycles. The molecule has 0 fully saturated rings. The summed E-state index contributed by atoms with van der Waals surface area (Å²) >= 11 is 5.91. The molecule has 2 rings (SSSR count). The van der Waals surface area contributed by atoms with Gasteiger partial charge < -0.3 is 9.73 Å². The van der Waals surface area contributed by atoms with Crippen molar-refractivity contribution in [3.05, 3.63) is 63.1 Å². The van der Waals surface area contributed by atoms with Crippen LogP contribution in [-0.2, 0) is 6.42 Å². The summed E-state index contributed by atoms with van der Waals surface area (Å²) in [7, 11) is 0. The normalized spacial score (nSPS) is 11.9. The summed E-state index contributed by atoms with van der Waals surface area (Å²) in [6, 6.07) is 7.19. The molecule has 1 aromatic carbocycles. The van der Waals surface area contributed by atoms with E-state index in [1.165, 1.54) is 12.1 Å². The standard InChI is InChI=1S/C14H13ClN2O4/c1-9(7-11-3-2-6-21-11)16-14(18)12-5-4-10(17(19)20)8-13(12)15/h2-6,8-9H,7H2,1H3,(H,16,18). The van der Waals surface area contributed by atoms with Crippen LogP contribution in [0.3, 0.4) is 0 Å². The molecule has 110 valence electrons. The van der Waals surface area contributed by atoms with Crippen molar-refractivity contribution in [1.82, 2.24) is 5.32 Å². The van der Waals surface area contributed by atoms with E-state index in [-0.39, 0.29) is 28.2 Å². The van der Waals surface area contributed by atoms with Gasteiger partial charge in [0.25, 0.3) is 11.6 Å². The Bertz CT molecular complexity index is 655. The Kier molecular flexibility index (Phi) is 4.59. The fourth-order valence-corrected chi connectivity index (χ4v) is 2.15. The first kappa shape index (κ1) is 15.1. The lowest BCUT2D eigenvalue weighted by Crippen LogP contribution is -2.34. The highest BCUT2D eigenvalue weighted by Gasteiger charge is 2.17. The number of benzene rings is 1. The van der Waals surface area contributed by atoms with Gasteiger partial charge in [0, 0.05) is 24.6 Å². The van der Waals surface area contributed by atoms with Crippen LogP contribution in [0.2, 0.25) is 5.02 Å². The number of furan rings is 1. The van der Waals surface area contributed by atoms with Crippen LogP contribution in [0.25, 0.3) is 0 Å². The van der Waals surface area contributed by atoms with E-state index in [2.05, 4.69) is 5.32 Å². The van der Waals surface area contributed by atoms with Crippen molar-refractivity contribution in [2.45, 2.75) is 19.4 Å². The number of hydrogen-bond acceptors (Lipinski definition) is 4. The molecular formula is C14H13ClN2O4. The SMILES string of the molecule is CC(Cc1ccco1)NC(=O)c1ccc([N+](=O)[O-])cc1Cl. The third-order valence-corrected chi connectivity index (χ3v) is 3.19. The summed E-state index contributed by atoms with van der Waals surface area (Å²) in [5, 5.41) is 13.4. The zero-order valence-corrected chi connectivity index (χ0v) is 12.0. The number of non-ortho nitro benzene ring substituents is 1. The van der Waals surface area contributed by atoms with E-state index in [1.54, 1.807) is 12.3 Å². The third-order valence-electron chi connectivity index (χ3n) is 2.87. The number of nitro groups is 1. The highest BCUT2D eigenvalue weighted by atomic mass is 35.5. The maximum Gasteiger partial charge on any atom is 0.270 e. The minimum atomic E-state index is -0.562. The van der Waals surface area contributed by atoms with Gasteiger partial charge in [0.15, 0.2) is 0 Å². The van der Waals surface area contributed by atoms with Gasteiger partial charge in [0.1, 0.15) is 5.76 Å². The topological polar surface area (TPSA) is 85.4 Å². The largest absolute Gasteiger partial charge is 0.469 e. The van der Waals surface area contributed by atoms with Crippen LogP contribution < -0.4 is 5.32 Å². The minimum absolute atomic E-state index is 0.0481. The third kappa shape index (κ3) is 3.82. The predicted molar refractivity (Wildman–Crippen MR) is 77.4 cm³/mol. The fourth-order valence-electron chi connectivity index (χ4n) is 1.88. The molecule has 0 radical (unpaired) electrons. The number of nitro benzene ring substituents is 1. The number of halogens is 1. The Balaban J connectivity index is 2.04. The van der Waals surface area contributed by atoms with E-state index in [0.29, 0.717) is 6.42 Å². The molecule has 1 heterocycles. The zero-order chi connectivity index (χ0) is 15.4. The van der Waals surface area contributed by atoms with Crippen molar-refractivity contribution < 1.29 is 14.1 Å². The highest BCUT2D eigenvalue weighted by Crippen LogP contribution is 2.22. The number of carbonyl (C=O) groups is 1. The summed E-state index contributed by atoms with van der Waals surface area (Å²) in [6.07, 6.45) is 2.11. The molecule has 2 aromatic rings. The summed E-state index contributed by atoms with van der Waals surface area (Å²) in [5.74, 6) is 0.381. The summed E-state index contributed by atoms with van der Waals surface area (Å²) in [5.41, 5.74) is 0.0498. The molecule has 0 aliphatic carbocycles. The van der Waals surface area contributed by atoms with Crippen molar-refractivity contribution in [2.24, 2.45) is 0 Å². The lowest BCUT2D eigenvalue weighted by atomic mass is 10.1. The lowest BCUT2D eigenvalue weighted by Gasteiger charge is -2.13. The van der Waals surface area contributed by atoms with Crippen molar-refractivity contribution in [1.29, 1.82) is 0 Å². The van der Waals surface area contributed by atoms with Crippen LogP contribution in [0.4, 0.5) is 5.69 Å². The van der Waals surface area contributed by atoms with Gasteiger partial charge in [-0.2, -0.15) is 0 Å². The monoisotopic (exact) mass is 308 g/mol. The Morgan fingerprint density at radius 3 is 2.81 bits per heavy atom. The molecule has 6 nitrogen and oxygen atoms in total. The molecule has 21 heavy (non-hydrogen) atoms. The van der Waals surface area contributed by atoms with Crippen molar-refractivity contribution in [3.63, 3.8) is 0 Å². The van der Waals surface area contributed by atoms with Crippen LogP contribution in [-0.4, -0.2) is 16.9 Å². The smallest absolute Gasteiger partial charge is 0.270 e. The molecule has 1 unspecified atom stereocenters. The fraction of sp³-hybridized carbons (Fsp3) is 0.214. The molecule has 0 aliphatic heterocycles. The molecule has 1 N–H and O–H groups in total. The Morgan fingerprint density at radius 1 is 1.48 bits per heavy atom. The number of amides is 1. The predicted octanol–water partition coefficient (Wildman–Crippen LogP) is 3.20. The van der Waals surface area contributed by atoms with Gasteiger partial charge in [-0.3, -0.25) is 14.9 Å². The first-order chi connectivity index (χ1) is 9.97. The molecular weight excluding hydrogens is 296 g/mol. The first-order valence-electron chi connectivity index (χ1n) is 6.24. The second kappa shape index (κ2) is 6.41. The van der Waals surface area contributed by atoms with E-state index < -0.39 is 4.92 Å². The highest BCUT2D eigenvalue weighted by molar-refractivity contribution is 6.34. The van der Waals surface area contributed by atoms with E-state index >= 15 is 0 Å². The average Bonchev–Trinajstić information content (AvgIpc) is 2.90. The molecule has 0 bridgehead atoms. The van der Waals surface area contributed by atoms with E-state index in [4.69, 9.17) is 16.0 Å². The van der Waals surface area contributed by atoms with E-state index in [0.717, 1.165) is 11.8 Å². The van der Waals surface area contributed by atoms with Crippen LogP contribution in [0, 0.1) is 10.1 Å². The van der Waals surface area contributed by atoms with Gasteiger partial charge >= 0.3 is 0 Å². The van der Waals surface area contributed by atoms with Gasteiger partial charge in [-0.1, -0.05) is 11.6 Å². The Hall–Kier alpha value is -2.34. The molecule has 7 heteroatoms. The Morgan fingerprint density at radius 2 is 2.24 bits per heavy atom. The van der Waals surface area contributed by atoms with Crippen LogP contribution in [0.15, 0.2) is 41.0 Å². The number of nitrogens with zero attached hydrogens (tertiary/aromatic N) is 1. The number of carbonyl (C=O) groups excluding carboxylic acids is 1.